The molecule has 184 valence electrons. The lowest BCUT2D eigenvalue weighted by Gasteiger charge is -2.33. The second kappa shape index (κ2) is 13.6. The molecule has 0 spiro atoms. The van der Waals surface area contributed by atoms with E-state index < -0.39 is 6.04 Å². The Labute approximate surface area is 221 Å². The van der Waals surface area contributed by atoms with Crippen LogP contribution in [0.2, 0.25) is 15.1 Å². The van der Waals surface area contributed by atoms with E-state index in [0.29, 0.717) is 33.7 Å². The van der Waals surface area contributed by atoms with Gasteiger partial charge in [0.2, 0.25) is 11.8 Å². The molecule has 34 heavy (non-hydrogen) atoms. The molecule has 1 aliphatic rings. The topological polar surface area (TPSA) is 49.4 Å². The molecule has 1 N–H and O–H groups in total. The molecule has 0 aliphatic heterocycles. The van der Waals surface area contributed by atoms with Crippen molar-refractivity contribution in [2.75, 3.05) is 5.75 Å². The van der Waals surface area contributed by atoms with Gasteiger partial charge in [0.25, 0.3) is 0 Å². The van der Waals surface area contributed by atoms with Crippen LogP contribution < -0.4 is 5.32 Å². The summed E-state index contributed by atoms with van der Waals surface area (Å²) in [6, 6.07) is 12.4. The number of carbonyl (C=O) groups excluding carboxylic acids is 2. The van der Waals surface area contributed by atoms with Crippen LogP contribution >= 0.6 is 46.6 Å². The minimum absolute atomic E-state index is 0.0712. The molecule has 0 aromatic heterocycles. The molecule has 1 atom stereocenters. The summed E-state index contributed by atoms with van der Waals surface area (Å²) in [6.45, 7) is 2.20. The number of hydrogen-bond acceptors (Lipinski definition) is 3. The number of hydrogen-bond donors (Lipinski definition) is 1. The van der Waals surface area contributed by atoms with Crippen molar-refractivity contribution < 1.29 is 9.59 Å². The smallest absolute Gasteiger partial charge is 0.243 e. The molecule has 0 radical (unpaired) electrons. The molecule has 3 rings (SSSR count). The van der Waals surface area contributed by atoms with Crippen molar-refractivity contribution >= 4 is 58.4 Å². The zero-order valence-corrected chi connectivity index (χ0v) is 22.5. The molecule has 0 bridgehead atoms. The van der Waals surface area contributed by atoms with Crippen molar-refractivity contribution in [3.8, 4) is 0 Å². The average Bonchev–Trinajstić information content (AvgIpc) is 2.82. The maximum absolute atomic E-state index is 13.4. The Morgan fingerprint density at radius 1 is 1.03 bits per heavy atom. The lowest BCUT2D eigenvalue weighted by Crippen LogP contribution is -2.51. The number of carbonyl (C=O) groups is 2. The Morgan fingerprint density at radius 2 is 1.71 bits per heavy atom. The lowest BCUT2D eigenvalue weighted by molar-refractivity contribution is -0.141. The fourth-order valence-electron chi connectivity index (χ4n) is 4.23. The van der Waals surface area contributed by atoms with Gasteiger partial charge in [-0.15, -0.1) is 11.8 Å². The van der Waals surface area contributed by atoms with Gasteiger partial charge in [0.05, 0.1) is 0 Å². The quantitative estimate of drug-likeness (QED) is 0.319. The van der Waals surface area contributed by atoms with Crippen molar-refractivity contribution in [2.24, 2.45) is 0 Å². The minimum Gasteiger partial charge on any atom is -0.352 e. The first-order valence-corrected chi connectivity index (χ1v) is 13.9. The summed E-state index contributed by atoms with van der Waals surface area (Å²) in [7, 11) is 0. The molecule has 2 aromatic carbocycles. The third-order valence-corrected chi connectivity index (χ3v) is 7.94. The summed E-state index contributed by atoms with van der Waals surface area (Å²) in [5, 5.41) is 4.90. The van der Waals surface area contributed by atoms with E-state index in [1.54, 1.807) is 28.8 Å². The van der Waals surface area contributed by atoms with E-state index in [2.05, 4.69) is 5.32 Å². The molecule has 8 heteroatoms. The maximum Gasteiger partial charge on any atom is 0.243 e. The number of nitrogens with zero attached hydrogens (tertiary/aromatic N) is 1. The molecule has 1 fully saturated rings. The van der Waals surface area contributed by atoms with Gasteiger partial charge in [-0.2, -0.15) is 0 Å². The van der Waals surface area contributed by atoms with Crippen LogP contribution in [0.1, 0.15) is 57.4 Å². The number of benzene rings is 2. The first kappa shape index (κ1) is 27.2. The van der Waals surface area contributed by atoms with Gasteiger partial charge in [0.15, 0.2) is 0 Å². The highest BCUT2D eigenvalue weighted by molar-refractivity contribution is 7.99. The standard InChI is InChI=1S/C26H31Cl3N2O2S/c1-2-24(26(33)30-21-6-4-3-5-7-21)31(17-18-8-9-20(28)16-23(18)29)25(32)14-15-34-22-12-10-19(27)11-13-22/h8-13,16,21,24H,2-7,14-15,17H2,1H3,(H,30,33)/t24-/m1/s1. The summed E-state index contributed by atoms with van der Waals surface area (Å²) >= 11 is 20.0. The number of thioether (sulfide) groups is 1. The Morgan fingerprint density at radius 3 is 2.35 bits per heavy atom. The van der Waals surface area contributed by atoms with Crippen LogP contribution in [-0.2, 0) is 16.1 Å². The monoisotopic (exact) mass is 540 g/mol. The fourth-order valence-corrected chi connectivity index (χ4v) is 5.66. The van der Waals surface area contributed by atoms with E-state index in [1.165, 1.54) is 6.42 Å². The van der Waals surface area contributed by atoms with Crippen LogP contribution in [0.4, 0.5) is 0 Å². The van der Waals surface area contributed by atoms with Crippen LogP contribution in [0, 0.1) is 0 Å². The molecule has 2 aromatic rings. The van der Waals surface area contributed by atoms with Gasteiger partial charge in [-0.25, -0.2) is 0 Å². The number of nitrogens with one attached hydrogen (secondary N) is 1. The van der Waals surface area contributed by atoms with Gasteiger partial charge in [-0.3, -0.25) is 9.59 Å². The van der Waals surface area contributed by atoms with Gasteiger partial charge < -0.3 is 10.2 Å². The molecule has 4 nitrogen and oxygen atoms in total. The van der Waals surface area contributed by atoms with E-state index in [1.807, 2.05) is 37.3 Å². The van der Waals surface area contributed by atoms with Crippen LogP contribution in [0.15, 0.2) is 47.4 Å². The van der Waals surface area contributed by atoms with Crippen molar-refractivity contribution in [1.82, 2.24) is 10.2 Å². The second-order valence-corrected chi connectivity index (χ2v) is 11.0. The molecule has 0 unspecified atom stereocenters. The first-order valence-electron chi connectivity index (χ1n) is 11.8. The van der Waals surface area contributed by atoms with E-state index in [0.717, 1.165) is 36.1 Å². The number of amides is 2. The largest absolute Gasteiger partial charge is 0.352 e. The highest BCUT2D eigenvalue weighted by Gasteiger charge is 2.30. The van der Waals surface area contributed by atoms with Crippen LogP contribution in [0.5, 0.6) is 0 Å². The Balaban J connectivity index is 1.72. The number of halogens is 3. The van der Waals surface area contributed by atoms with E-state index in [9.17, 15) is 9.59 Å². The van der Waals surface area contributed by atoms with Crippen LogP contribution in [-0.4, -0.2) is 34.6 Å². The van der Waals surface area contributed by atoms with Gasteiger partial charge >= 0.3 is 0 Å². The van der Waals surface area contributed by atoms with E-state index in [4.69, 9.17) is 34.8 Å². The molecule has 0 heterocycles. The van der Waals surface area contributed by atoms with Gasteiger partial charge in [-0.05, 0) is 61.2 Å². The Kier molecular flexibility index (Phi) is 10.9. The zero-order valence-electron chi connectivity index (χ0n) is 19.4. The van der Waals surface area contributed by atoms with Gasteiger partial charge in [0, 0.05) is 44.7 Å². The maximum atomic E-state index is 13.4. The predicted molar refractivity (Wildman–Crippen MR) is 143 cm³/mol. The van der Waals surface area contributed by atoms with Crippen molar-refractivity contribution in [2.45, 2.75) is 75.4 Å². The van der Waals surface area contributed by atoms with Crippen molar-refractivity contribution in [3.05, 3.63) is 63.1 Å². The van der Waals surface area contributed by atoms with Crippen LogP contribution in [0.25, 0.3) is 0 Å². The third-order valence-electron chi connectivity index (χ3n) is 6.09. The summed E-state index contributed by atoms with van der Waals surface area (Å²) in [4.78, 5) is 29.4. The normalized spacial score (nSPS) is 15.1. The zero-order chi connectivity index (χ0) is 24.5. The third kappa shape index (κ3) is 8.08. The summed E-state index contributed by atoms with van der Waals surface area (Å²) in [5.74, 6) is 0.447. The molecular weight excluding hydrogens is 511 g/mol. The fraction of sp³-hybridized carbons (Fsp3) is 0.462. The van der Waals surface area contributed by atoms with Crippen LogP contribution in [0.3, 0.4) is 0 Å². The Bertz CT molecular complexity index is 965. The minimum atomic E-state index is -0.554. The second-order valence-electron chi connectivity index (χ2n) is 8.58. The van der Waals surface area contributed by atoms with Gasteiger partial charge in [-0.1, -0.05) is 67.1 Å². The molecular formula is C26H31Cl3N2O2S. The summed E-state index contributed by atoms with van der Waals surface area (Å²) in [5.41, 5.74) is 0.772. The summed E-state index contributed by atoms with van der Waals surface area (Å²) < 4.78 is 0. The highest BCUT2D eigenvalue weighted by atomic mass is 35.5. The predicted octanol–water partition coefficient (Wildman–Crippen LogP) is 7.39. The van der Waals surface area contributed by atoms with Crippen molar-refractivity contribution in [1.29, 1.82) is 0 Å². The first-order chi connectivity index (χ1) is 16.4. The van der Waals surface area contributed by atoms with Gasteiger partial charge in [0.1, 0.15) is 6.04 Å². The number of rotatable bonds is 10. The molecule has 1 aliphatic carbocycles. The Hall–Kier alpha value is -1.40. The average molecular weight is 542 g/mol. The molecule has 2 amide bonds. The van der Waals surface area contributed by atoms with E-state index in [-0.39, 0.29) is 24.4 Å². The lowest BCUT2D eigenvalue weighted by atomic mass is 9.95. The highest BCUT2D eigenvalue weighted by Crippen LogP contribution is 2.26. The molecule has 1 saturated carbocycles. The SMILES string of the molecule is CC[C@H](C(=O)NC1CCCCC1)N(Cc1ccc(Cl)cc1Cl)C(=O)CCSc1ccc(Cl)cc1. The van der Waals surface area contributed by atoms with E-state index >= 15 is 0 Å². The summed E-state index contributed by atoms with van der Waals surface area (Å²) in [6.07, 6.45) is 6.31. The van der Waals surface area contributed by atoms with Crippen molar-refractivity contribution in [3.63, 3.8) is 0 Å². The molecule has 0 saturated heterocycles.